The minimum absolute atomic E-state index is 0.0929. The van der Waals surface area contributed by atoms with Crippen LogP contribution in [0.5, 0.6) is 0 Å². The maximum absolute atomic E-state index is 13.9. The normalized spacial score (nSPS) is 24.5. The molecule has 0 spiro atoms. The highest BCUT2D eigenvalue weighted by Gasteiger charge is 2.52. The Hall–Kier alpha value is -3.49. The van der Waals surface area contributed by atoms with E-state index >= 15 is 0 Å². The molecule has 3 amide bonds. The number of rotatable bonds is 9. The number of para-hydroxylation sites is 1. The highest BCUT2D eigenvalue weighted by atomic mass is 19.4. The fraction of sp³-hybridized carbons (Fsp3) is 0.529. The number of hydrogen-bond acceptors (Lipinski definition) is 2. The van der Waals surface area contributed by atoms with Gasteiger partial charge in [0.15, 0.2) is 0 Å². The number of urea groups is 1. The highest BCUT2D eigenvalue weighted by Crippen LogP contribution is 2.55. The van der Waals surface area contributed by atoms with E-state index in [0.717, 1.165) is 47.9 Å². The van der Waals surface area contributed by atoms with Crippen molar-refractivity contribution in [2.45, 2.75) is 83.1 Å². The minimum atomic E-state index is -4.43. The van der Waals surface area contributed by atoms with Crippen LogP contribution in [-0.4, -0.2) is 51.4 Å². The summed E-state index contributed by atoms with van der Waals surface area (Å²) in [5, 5.41) is 4.47. The van der Waals surface area contributed by atoms with Gasteiger partial charge < -0.3 is 20.1 Å². The summed E-state index contributed by atoms with van der Waals surface area (Å²) in [4.78, 5) is 34.2. The van der Waals surface area contributed by atoms with Crippen molar-refractivity contribution in [2.24, 2.45) is 17.8 Å². The van der Waals surface area contributed by atoms with Crippen molar-refractivity contribution >= 4 is 22.8 Å². The molecule has 4 bridgehead atoms. The zero-order chi connectivity index (χ0) is 30.4. The van der Waals surface area contributed by atoms with Gasteiger partial charge in [0, 0.05) is 41.8 Å². The van der Waals surface area contributed by atoms with Crippen LogP contribution in [0.2, 0.25) is 0 Å². The van der Waals surface area contributed by atoms with Crippen molar-refractivity contribution in [3.63, 3.8) is 0 Å². The number of hydrogen-bond donors (Lipinski definition) is 2. The van der Waals surface area contributed by atoms with E-state index in [0.29, 0.717) is 36.3 Å². The number of alkyl halides is 3. The van der Waals surface area contributed by atoms with Crippen molar-refractivity contribution in [3.05, 3.63) is 71.4 Å². The third-order valence-corrected chi connectivity index (χ3v) is 9.93. The number of nitrogens with zero attached hydrogens (tertiary/aromatic N) is 2. The molecule has 43 heavy (non-hydrogen) atoms. The smallest absolute Gasteiger partial charge is 0.361 e. The summed E-state index contributed by atoms with van der Waals surface area (Å²) in [6.07, 6.45) is 4.97. The molecular formula is C34H41F3N4O2. The molecule has 0 saturated heterocycles. The van der Waals surface area contributed by atoms with E-state index in [9.17, 15) is 22.8 Å². The van der Waals surface area contributed by atoms with E-state index in [2.05, 4.69) is 10.3 Å². The number of halogens is 3. The SMILES string of the molecule is CC(C)N(CC(=O)N(CCc1c[nH]c2ccccc12)Cc1ccc(C(F)(F)F)cc1)C(=O)NC12CC3CC(CC(C3)C1)C2. The molecule has 9 heteroatoms. The van der Waals surface area contributed by atoms with Crippen molar-refractivity contribution < 1.29 is 22.8 Å². The van der Waals surface area contributed by atoms with Crippen LogP contribution in [0.1, 0.15) is 69.1 Å². The first-order valence-electron chi connectivity index (χ1n) is 15.6. The second-order valence-corrected chi connectivity index (χ2v) is 13.5. The number of benzene rings is 2. The molecule has 2 N–H and O–H groups in total. The third kappa shape index (κ3) is 6.41. The summed E-state index contributed by atoms with van der Waals surface area (Å²) < 4.78 is 39.5. The van der Waals surface area contributed by atoms with Crippen molar-refractivity contribution in [1.82, 2.24) is 20.1 Å². The van der Waals surface area contributed by atoms with Gasteiger partial charge in [0.25, 0.3) is 0 Å². The summed E-state index contributed by atoms with van der Waals surface area (Å²) in [5.41, 5.74) is 1.78. The number of aromatic amines is 1. The van der Waals surface area contributed by atoms with Crippen LogP contribution in [0, 0.1) is 17.8 Å². The molecule has 2 aromatic carbocycles. The Bertz CT molecular complexity index is 1430. The molecular weight excluding hydrogens is 553 g/mol. The number of carbonyl (C=O) groups excluding carboxylic acids is 2. The highest BCUT2D eigenvalue weighted by molar-refractivity contribution is 5.85. The fourth-order valence-corrected chi connectivity index (χ4v) is 8.20. The van der Waals surface area contributed by atoms with Crippen molar-refractivity contribution in [2.75, 3.05) is 13.1 Å². The van der Waals surface area contributed by atoms with Crippen LogP contribution < -0.4 is 5.32 Å². The summed E-state index contributed by atoms with van der Waals surface area (Å²) in [6.45, 7) is 4.26. The minimum Gasteiger partial charge on any atom is -0.361 e. The molecule has 230 valence electrons. The Kier molecular flexibility index (Phi) is 7.94. The Morgan fingerprint density at radius 3 is 2.21 bits per heavy atom. The van der Waals surface area contributed by atoms with E-state index in [1.807, 2.05) is 44.3 Å². The first kappa shape index (κ1) is 29.6. The van der Waals surface area contributed by atoms with Gasteiger partial charge in [-0.05, 0) is 106 Å². The fourth-order valence-electron chi connectivity index (χ4n) is 8.20. The zero-order valence-electron chi connectivity index (χ0n) is 24.9. The van der Waals surface area contributed by atoms with Crippen LogP contribution in [0.4, 0.5) is 18.0 Å². The molecule has 4 fully saturated rings. The van der Waals surface area contributed by atoms with Gasteiger partial charge in [0.1, 0.15) is 6.54 Å². The van der Waals surface area contributed by atoms with E-state index < -0.39 is 11.7 Å². The van der Waals surface area contributed by atoms with Crippen molar-refractivity contribution in [3.8, 4) is 0 Å². The van der Waals surface area contributed by atoms with Gasteiger partial charge >= 0.3 is 12.2 Å². The molecule has 4 saturated carbocycles. The molecule has 1 heterocycles. The molecule has 3 aromatic rings. The van der Waals surface area contributed by atoms with Crippen LogP contribution in [-0.2, 0) is 23.9 Å². The molecule has 0 atom stereocenters. The van der Waals surface area contributed by atoms with Gasteiger partial charge in [-0.15, -0.1) is 0 Å². The van der Waals surface area contributed by atoms with Crippen LogP contribution in [0.3, 0.4) is 0 Å². The second kappa shape index (κ2) is 11.5. The maximum atomic E-state index is 13.9. The molecule has 7 rings (SSSR count). The van der Waals surface area contributed by atoms with Gasteiger partial charge in [-0.2, -0.15) is 13.2 Å². The molecule has 4 aliphatic carbocycles. The number of nitrogens with one attached hydrogen (secondary N) is 2. The van der Waals surface area contributed by atoms with E-state index in [1.165, 1.54) is 31.4 Å². The quantitative estimate of drug-likeness (QED) is 0.276. The van der Waals surface area contributed by atoms with Crippen LogP contribution in [0.25, 0.3) is 10.9 Å². The molecule has 1 aromatic heterocycles. The Labute approximate surface area is 251 Å². The second-order valence-electron chi connectivity index (χ2n) is 13.5. The third-order valence-electron chi connectivity index (χ3n) is 9.93. The van der Waals surface area contributed by atoms with E-state index in [4.69, 9.17) is 0 Å². The Balaban J connectivity index is 1.18. The van der Waals surface area contributed by atoms with Gasteiger partial charge in [0.05, 0.1) is 5.56 Å². The molecule has 6 nitrogen and oxygen atoms in total. The number of fused-ring (bicyclic) bond motifs is 1. The molecule has 0 radical (unpaired) electrons. The predicted molar refractivity (Wildman–Crippen MR) is 160 cm³/mol. The first-order chi connectivity index (χ1) is 20.5. The Morgan fingerprint density at radius 2 is 1.60 bits per heavy atom. The van der Waals surface area contributed by atoms with E-state index in [-0.39, 0.29) is 36.6 Å². The summed E-state index contributed by atoms with van der Waals surface area (Å²) in [6, 6.07) is 12.5. The van der Waals surface area contributed by atoms with Gasteiger partial charge in [0.2, 0.25) is 5.91 Å². The lowest BCUT2D eigenvalue weighted by Crippen LogP contribution is -2.63. The average molecular weight is 595 g/mol. The summed E-state index contributed by atoms with van der Waals surface area (Å²) in [7, 11) is 0. The lowest BCUT2D eigenvalue weighted by molar-refractivity contribution is -0.137. The Morgan fingerprint density at radius 1 is 0.977 bits per heavy atom. The number of aromatic nitrogens is 1. The number of amides is 3. The largest absolute Gasteiger partial charge is 0.416 e. The van der Waals surface area contributed by atoms with Crippen molar-refractivity contribution in [1.29, 1.82) is 0 Å². The average Bonchev–Trinajstić information content (AvgIpc) is 3.35. The molecule has 0 unspecified atom stereocenters. The lowest BCUT2D eigenvalue weighted by atomic mass is 9.53. The number of carbonyl (C=O) groups is 2. The monoisotopic (exact) mass is 594 g/mol. The lowest BCUT2D eigenvalue weighted by Gasteiger charge is -2.57. The first-order valence-corrected chi connectivity index (χ1v) is 15.6. The van der Waals surface area contributed by atoms with Gasteiger partial charge in [-0.25, -0.2) is 4.79 Å². The van der Waals surface area contributed by atoms with Gasteiger partial charge in [-0.3, -0.25) is 4.79 Å². The number of H-pyrrole nitrogens is 1. The molecule has 0 aliphatic heterocycles. The predicted octanol–water partition coefficient (Wildman–Crippen LogP) is 7.15. The van der Waals surface area contributed by atoms with Crippen LogP contribution in [0.15, 0.2) is 54.7 Å². The van der Waals surface area contributed by atoms with Crippen LogP contribution >= 0.6 is 0 Å². The van der Waals surface area contributed by atoms with Gasteiger partial charge in [-0.1, -0.05) is 30.3 Å². The topological polar surface area (TPSA) is 68.4 Å². The summed E-state index contributed by atoms with van der Waals surface area (Å²) in [5.74, 6) is 1.83. The standard InChI is InChI=1S/C34H41F3N4O2/c1-22(2)41(32(43)39-33-16-24-13-25(17-33)15-26(14-24)18-33)21-31(42)40(20-23-7-9-28(10-8-23)34(35,36)37)12-11-27-19-38-30-6-4-3-5-29(27)30/h3-10,19,22,24-26,38H,11-18,20-21H2,1-2H3,(H,39,43). The zero-order valence-corrected chi connectivity index (χ0v) is 24.9. The molecule has 4 aliphatic rings. The van der Waals surface area contributed by atoms with E-state index in [1.54, 1.807) is 9.80 Å². The maximum Gasteiger partial charge on any atom is 0.416 e. The summed E-state index contributed by atoms with van der Waals surface area (Å²) >= 11 is 0.